The second-order valence-electron chi connectivity index (χ2n) is 4.97. The zero-order valence-electron chi connectivity index (χ0n) is 9.72. The molecule has 14 heavy (non-hydrogen) atoms. The van der Waals surface area contributed by atoms with Crippen LogP contribution >= 0.6 is 0 Å². The Labute approximate surface area is 87.9 Å². The SMILES string of the molecule is CC(C)=CC(NN)C1CCCC(C)C1. The van der Waals surface area contributed by atoms with Crippen molar-refractivity contribution < 1.29 is 0 Å². The first-order valence-electron chi connectivity index (χ1n) is 5.74. The lowest BCUT2D eigenvalue weighted by molar-refractivity contribution is 0.245. The van der Waals surface area contributed by atoms with Crippen molar-refractivity contribution in [3.63, 3.8) is 0 Å². The van der Waals surface area contributed by atoms with Crippen LogP contribution in [0.5, 0.6) is 0 Å². The number of nitrogens with two attached hydrogens (primary N) is 1. The second-order valence-corrected chi connectivity index (χ2v) is 4.97. The van der Waals surface area contributed by atoms with Crippen LogP contribution in [-0.4, -0.2) is 6.04 Å². The van der Waals surface area contributed by atoms with Gasteiger partial charge in [0, 0.05) is 6.04 Å². The highest BCUT2D eigenvalue weighted by molar-refractivity contribution is 5.03. The fourth-order valence-electron chi connectivity index (χ4n) is 2.49. The number of hydrogen-bond acceptors (Lipinski definition) is 2. The Bertz CT molecular complexity index is 194. The van der Waals surface area contributed by atoms with Gasteiger partial charge in [0.2, 0.25) is 0 Å². The molecular weight excluding hydrogens is 172 g/mol. The summed E-state index contributed by atoms with van der Waals surface area (Å²) in [4.78, 5) is 0. The third kappa shape index (κ3) is 3.43. The summed E-state index contributed by atoms with van der Waals surface area (Å²) in [5, 5.41) is 0. The number of rotatable bonds is 3. The van der Waals surface area contributed by atoms with E-state index in [1.165, 1.54) is 31.3 Å². The maximum Gasteiger partial charge on any atom is 0.0421 e. The first-order chi connectivity index (χ1) is 6.63. The molecule has 2 nitrogen and oxygen atoms in total. The number of nitrogens with one attached hydrogen (secondary N) is 1. The highest BCUT2D eigenvalue weighted by atomic mass is 15.2. The van der Waals surface area contributed by atoms with Crippen molar-refractivity contribution in [1.82, 2.24) is 5.43 Å². The van der Waals surface area contributed by atoms with E-state index in [1.54, 1.807) is 0 Å². The summed E-state index contributed by atoms with van der Waals surface area (Å²) in [6, 6.07) is 0.378. The van der Waals surface area contributed by atoms with Crippen molar-refractivity contribution in [3.05, 3.63) is 11.6 Å². The summed E-state index contributed by atoms with van der Waals surface area (Å²) in [6.45, 7) is 6.62. The van der Waals surface area contributed by atoms with Crippen LogP contribution in [-0.2, 0) is 0 Å². The monoisotopic (exact) mass is 196 g/mol. The molecule has 1 fully saturated rings. The molecule has 1 saturated carbocycles. The minimum atomic E-state index is 0.378. The molecule has 0 aliphatic heterocycles. The lowest BCUT2D eigenvalue weighted by Gasteiger charge is -2.31. The summed E-state index contributed by atoms with van der Waals surface area (Å²) in [5.41, 5.74) is 4.30. The van der Waals surface area contributed by atoms with Gasteiger partial charge >= 0.3 is 0 Å². The van der Waals surface area contributed by atoms with Gasteiger partial charge in [-0.2, -0.15) is 0 Å². The van der Waals surface area contributed by atoms with Crippen molar-refractivity contribution >= 4 is 0 Å². The molecule has 0 heterocycles. The molecule has 0 spiro atoms. The fourth-order valence-corrected chi connectivity index (χ4v) is 2.49. The topological polar surface area (TPSA) is 38.0 Å². The molecule has 0 aromatic carbocycles. The zero-order valence-corrected chi connectivity index (χ0v) is 9.72. The minimum absolute atomic E-state index is 0.378. The van der Waals surface area contributed by atoms with E-state index in [4.69, 9.17) is 5.84 Å². The van der Waals surface area contributed by atoms with Crippen LogP contribution in [0, 0.1) is 11.8 Å². The Balaban J connectivity index is 2.55. The van der Waals surface area contributed by atoms with Crippen molar-refractivity contribution in [2.75, 3.05) is 0 Å². The summed E-state index contributed by atoms with van der Waals surface area (Å²) < 4.78 is 0. The highest BCUT2D eigenvalue weighted by Crippen LogP contribution is 2.31. The smallest absolute Gasteiger partial charge is 0.0421 e. The molecule has 3 N–H and O–H groups in total. The summed E-state index contributed by atoms with van der Waals surface area (Å²) in [7, 11) is 0. The molecule has 0 radical (unpaired) electrons. The van der Waals surface area contributed by atoms with E-state index >= 15 is 0 Å². The first kappa shape index (κ1) is 11.7. The number of hydrogen-bond donors (Lipinski definition) is 2. The van der Waals surface area contributed by atoms with Crippen molar-refractivity contribution in [3.8, 4) is 0 Å². The third-order valence-corrected chi connectivity index (χ3v) is 3.19. The molecule has 0 aromatic heterocycles. The molecule has 1 rings (SSSR count). The van der Waals surface area contributed by atoms with E-state index < -0.39 is 0 Å². The van der Waals surface area contributed by atoms with E-state index in [0.717, 1.165) is 11.8 Å². The van der Waals surface area contributed by atoms with Gasteiger partial charge in [-0.05, 0) is 38.5 Å². The normalized spacial score (nSPS) is 29.7. The van der Waals surface area contributed by atoms with Crippen molar-refractivity contribution in [1.29, 1.82) is 0 Å². The molecule has 1 aliphatic carbocycles. The van der Waals surface area contributed by atoms with Crippen molar-refractivity contribution in [2.24, 2.45) is 17.7 Å². The molecule has 0 saturated heterocycles. The molecule has 0 bridgehead atoms. The number of hydrazine groups is 1. The predicted molar refractivity (Wildman–Crippen MR) is 61.7 cm³/mol. The first-order valence-corrected chi connectivity index (χ1v) is 5.74. The van der Waals surface area contributed by atoms with Gasteiger partial charge in [0.1, 0.15) is 0 Å². The van der Waals surface area contributed by atoms with Crippen LogP contribution in [0.3, 0.4) is 0 Å². The Morgan fingerprint density at radius 2 is 2.14 bits per heavy atom. The standard InChI is InChI=1S/C12H24N2/c1-9(2)7-12(14-13)11-6-4-5-10(3)8-11/h7,10-12,14H,4-6,8,13H2,1-3H3. The van der Waals surface area contributed by atoms with Gasteiger partial charge in [0.15, 0.2) is 0 Å². The second kappa shape index (κ2) is 5.52. The molecule has 82 valence electrons. The largest absolute Gasteiger partial charge is 0.271 e. The average Bonchev–Trinajstić information content (AvgIpc) is 2.14. The van der Waals surface area contributed by atoms with Crippen LogP contribution < -0.4 is 11.3 Å². The Morgan fingerprint density at radius 3 is 2.64 bits per heavy atom. The van der Waals surface area contributed by atoms with Crippen LogP contribution in [0.1, 0.15) is 46.5 Å². The Kier molecular flexibility index (Phi) is 4.63. The van der Waals surface area contributed by atoms with Crippen molar-refractivity contribution in [2.45, 2.75) is 52.5 Å². The quantitative estimate of drug-likeness (QED) is 0.414. The molecule has 0 aromatic rings. The average molecular weight is 196 g/mol. The fraction of sp³-hybridized carbons (Fsp3) is 0.833. The third-order valence-electron chi connectivity index (χ3n) is 3.19. The van der Waals surface area contributed by atoms with Gasteiger partial charge in [-0.1, -0.05) is 31.4 Å². The van der Waals surface area contributed by atoms with Gasteiger partial charge < -0.3 is 0 Å². The van der Waals surface area contributed by atoms with Gasteiger partial charge in [0.05, 0.1) is 0 Å². The molecule has 1 aliphatic rings. The van der Waals surface area contributed by atoms with E-state index in [-0.39, 0.29) is 0 Å². The maximum absolute atomic E-state index is 5.60. The van der Waals surface area contributed by atoms with Gasteiger partial charge in [0.25, 0.3) is 0 Å². The molecule has 3 unspecified atom stereocenters. The van der Waals surface area contributed by atoms with E-state index in [2.05, 4.69) is 32.3 Å². The van der Waals surface area contributed by atoms with Crippen LogP contribution in [0.4, 0.5) is 0 Å². The lowest BCUT2D eigenvalue weighted by Crippen LogP contribution is -2.41. The highest BCUT2D eigenvalue weighted by Gasteiger charge is 2.24. The summed E-state index contributed by atoms with van der Waals surface area (Å²) in [6.07, 6.45) is 7.66. The van der Waals surface area contributed by atoms with E-state index in [0.29, 0.717) is 6.04 Å². The summed E-state index contributed by atoms with van der Waals surface area (Å²) >= 11 is 0. The van der Waals surface area contributed by atoms with E-state index in [9.17, 15) is 0 Å². The predicted octanol–water partition coefficient (Wildman–Crippen LogP) is 2.61. The zero-order chi connectivity index (χ0) is 10.6. The Hall–Kier alpha value is -0.340. The van der Waals surface area contributed by atoms with E-state index in [1.807, 2.05) is 0 Å². The van der Waals surface area contributed by atoms with Crippen LogP contribution in [0.2, 0.25) is 0 Å². The molecule has 0 amide bonds. The number of allylic oxidation sites excluding steroid dienone is 1. The maximum atomic E-state index is 5.60. The lowest BCUT2D eigenvalue weighted by atomic mass is 9.78. The molecular formula is C12H24N2. The molecule has 2 heteroatoms. The minimum Gasteiger partial charge on any atom is -0.271 e. The van der Waals surface area contributed by atoms with Gasteiger partial charge in [-0.15, -0.1) is 0 Å². The Morgan fingerprint density at radius 1 is 1.43 bits per heavy atom. The van der Waals surface area contributed by atoms with Crippen LogP contribution in [0.25, 0.3) is 0 Å². The van der Waals surface area contributed by atoms with Gasteiger partial charge in [-0.3, -0.25) is 11.3 Å². The summed E-state index contributed by atoms with van der Waals surface area (Å²) in [5.74, 6) is 7.21. The molecule has 3 atom stereocenters. The van der Waals surface area contributed by atoms with Gasteiger partial charge in [-0.25, -0.2) is 0 Å². The van der Waals surface area contributed by atoms with Crippen LogP contribution in [0.15, 0.2) is 11.6 Å².